The van der Waals surface area contributed by atoms with Crippen molar-refractivity contribution in [1.29, 1.82) is 0 Å². The molecule has 0 unspecified atom stereocenters. The van der Waals surface area contributed by atoms with Crippen LogP contribution in [0.5, 0.6) is 5.75 Å². The van der Waals surface area contributed by atoms with Crippen LogP contribution in [0.2, 0.25) is 0 Å². The van der Waals surface area contributed by atoms with Gasteiger partial charge < -0.3 is 14.7 Å². The third kappa shape index (κ3) is 4.70. The van der Waals surface area contributed by atoms with Gasteiger partial charge in [-0.2, -0.15) is 0 Å². The molecule has 0 amide bonds. The molecule has 1 aliphatic heterocycles. The number of carbonyl (C=O) groups is 1. The lowest BCUT2D eigenvalue weighted by Gasteiger charge is -2.36. The fourth-order valence-electron chi connectivity index (χ4n) is 2.87. The molecular weight excluding hydrogens is 323 g/mol. The first-order valence-electron chi connectivity index (χ1n) is 8.31. The van der Waals surface area contributed by atoms with Crippen LogP contribution in [0.25, 0.3) is 0 Å². The van der Waals surface area contributed by atoms with Crippen molar-refractivity contribution < 1.29 is 19.0 Å². The Morgan fingerprint density at radius 2 is 1.64 bits per heavy atom. The molecule has 0 spiro atoms. The molecule has 0 saturated carbocycles. The Balaban J connectivity index is 1.40. The highest BCUT2D eigenvalue weighted by Crippen LogP contribution is 2.17. The monoisotopic (exact) mass is 344 g/mol. The number of rotatable bonds is 6. The maximum atomic E-state index is 13.0. The van der Waals surface area contributed by atoms with E-state index in [-0.39, 0.29) is 11.4 Å². The second kappa shape index (κ2) is 7.98. The van der Waals surface area contributed by atoms with Gasteiger partial charge in [-0.25, -0.2) is 9.18 Å². The molecule has 0 radical (unpaired) electrons. The number of carboxylic acid groups (broad SMARTS) is 1. The average Bonchev–Trinajstić information content (AvgIpc) is 2.63. The van der Waals surface area contributed by atoms with Gasteiger partial charge in [0.05, 0.1) is 5.56 Å². The van der Waals surface area contributed by atoms with Crippen LogP contribution in [0, 0.1) is 5.82 Å². The average molecular weight is 344 g/mol. The number of anilines is 1. The van der Waals surface area contributed by atoms with Crippen molar-refractivity contribution in [3.63, 3.8) is 0 Å². The van der Waals surface area contributed by atoms with Crippen molar-refractivity contribution in [2.24, 2.45) is 0 Å². The zero-order valence-electron chi connectivity index (χ0n) is 13.9. The second-order valence-electron chi connectivity index (χ2n) is 5.98. The summed E-state index contributed by atoms with van der Waals surface area (Å²) in [5.74, 6) is -0.476. The van der Waals surface area contributed by atoms with E-state index < -0.39 is 5.97 Å². The van der Waals surface area contributed by atoms with Crippen molar-refractivity contribution >= 4 is 11.7 Å². The summed E-state index contributed by atoms with van der Waals surface area (Å²) in [5.41, 5.74) is 1.31. The summed E-state index contributed by atoms with van der Waals surface area (Å²) in [4.78, 5) is 15.4. The van der Waals surface area contributed by atoms with E-state index >= 15 is 0 Å². The molecule has 2 aromatic rings. The number of hydrogen-bond acceptors (Lipinski definition) is 4. The zero-order valence-corrected chi connectivity index (χ0v) is 13.9. The van der Waals surface area contributed by atoms with Gasteiger partial charge >= 0.3 is 5.97 Å². The molecule has 25 heavy (non-hydrogen) atoms. The Morgan fingerprint density at radius 3 is 2.24 bits per heavy atom. The summed E-state index contributed by atoms with van der Waals surface area (Å²) >= 11 is 0. The fourth-order valence-corrected chi connectivity index (χ4v) is 2.87. The number of halogens is 1. The second-order valence-corrected chi connectivity index (χ2v) is 5.98. The van der Waals surface area contributed by atoms with Crippen molar-refractivity contribution in [3.8, 4) is 5.75 Å². The summed E-state index contributed by atoms with van der Waals surface area (Å²) < 4.78 is 18.7. The molecule has 0 bridgehead atoms. The molecule has 132 valence electrons. The Labute approximate surface area is 146 Å². The molecule has 0 aromatic heterocycles. The van der Waals surface area contributed by atoms with Gasteiger partial charge in [-0.3, -0.25) is 4.90 Å². The van der Waals surface area contributed by atoms with Gasteiger partial charge in [-0.05, 0) is 48.5 Å². The molecule has 0 atom stereocenters. The van der Waals surface area contributed by atoms with Crippen LogP contribution in [0.4, 0.5) is 10.1 Å². The molecule has 1 fully saturated rings. The van der Waals surface area contributed by atoms with Crippen molar-refractivity contribution in [3.05, 3.63) is 59.9 Å². The SMILES string of the molecule is O=C(O)c1ccc(OCCN2CCN(c3ccc(F)cc3)CC2)cc1. The third-order valence-corrected chi connectivity index (χ3v) is 4.34. The van der Waals surface area contributed by atoms with Crippen molar-refractivity contribution in [1.82, 2.24) is 4.90 Å². The van der Waals surface area contributed by atoms with Gasteiger partial charge in [0.15, 0.2) is 0 Å². The molecule has 0 aliphatic carbocycles. The van der Waals surface area contributed by atoms with Crippen LogP contribution in [0.1, 0.15) is 10.4 Å². The highest BCUT2D eigenvalue weighted by atomic mass is 19.1. The molecule has 5 nitrogen and oxygen atoms in total. The summed E-state index contributed by atoms with van der Waals surface area (Å²) in [7, 11) is 0. The van der Waals surface area contributed by atoms with Gasteiger partial charge in [0.1, 0.15) is 18.2 Å². The van der Waals surface area contributed by atoms with E-state index in [9.17, 15) is 9.18 Å². The number of aromatic carboxylic acids is 1. The molecule has 6 heteroatoms. The van der Waals surface area contributed by atoms with Gasteiger partial charge in [0.25, 0.3) is 0 Å². The summed E-state index contributed by atoms with van der Waals surface area (Å²) in [6, 6.07) is 13.0. The lowest BCUT2D eigenvalue weighted by atomic mass is 10.2. The van der Waals surface area contributed by atoms with E-state index in [1.807, 2.05) is 12.1 Å². The molecule has 2 aromatic carbocycles. The Bertz CT molecular complexity index is 696. The molecular formula is C19H21FN2O3. The van der Waals surface area contributed by atoms with Crippen LogP contribution < -0.4 is 9.64 Å². The van der Waals surface area contributed by atoms with Crippen molar-refractivity contribution in [2.45, 2.75) is 0 Å². The lowest BCUT2D eigenvalue weighted by Crippen LogP contribution is -2.47. The first-order chi connectivity index (χ1) is 12.1. The normalized spacial score (nSPS) is 15.2. The highest BCUT2D eigenvalue weighted by Gasteiger charge is 2.17. The first kappa shape index (κ1) is 17.2. The molecule has 3 rings (SSSR count). The summed E-state index contributed by atoms with van der Waals surface area (Å²) in [6.45, 7) is 5.04. The van der Waals surface area contributed by atoms with Crippen LogP contribution >= 0.6 is 0 Å². The van der Waals surface area contributed by atoms with Crippen LogP contribution in [0.15, 0.2) is 48.5 Å². The predicted octanol–water partition coefficient (Wildman–Crippen LogP) is 2.72. The van der Waals surface area contributed by atoms with E-state index in [1.54, 1.807) is 24.3 Å². The quantitative estimate of drug-likeness (QED) is 0.873. The van der Waals surface area contributed by atoms with Crippen LogP contribution in [0.3, 0.4) is 0 Å². The van der Waals surface area contributed by atoms with E-state index in [1.165, 1.54) is 12.1 Å². The standard InChI is InChI=1S/C19H21FN2O3/c20-16-3-5-17(6-4-16)22-11-9-21(10-12-22)13-14-25-18-7-1-15(2-8-18)19(23)24/h1-8H,9-14H2,(H,23,24). The number of nitrogens with zero attached hydrogens (tertiary/aromatic N) is 2. The third-order valence-electron chi connectivity index (χ3n) is 4.34. The predicted molar refractivity (Wildman–Crippen MR) is 93.9 cm³/mol. The molecule has 1 saturated heterocycles. The molecule has 1 aliphatic rings. The van der Waals surface area contributed by atoms with Crippen LogP contribution in [-0.4, -0.2) is 55.3 Å². The maximum absolute atomic E-state index is 13.0. The number of benzene rings is 2. The van der Waals surface area contributed by atoms with Gasteiger partial charge in [0, 0.05) is 38.4 Å². The van der Waals surface area contributed by atoms with E-state index in [4.69, 9.17) is 9.84 Å². The summed E-state index contributed by atoms with van der Waals surface area (Å²) in [6.07, 6.45) is 0. The number of ether oxygens (including phenoxy) is 1. The topological polar surface area (TPSA) is 53.0 Å². The fraction of sp³-hybridized carbons (Fsp3) is 0.316. The Kier molecular flexibility index (Phi) is 5.50. The Hall–Kier alpha value is -2.60. The van der Waals surface area contributed by atoms with E-state index in [0.717, 1.165) is 38.4 Å². The largest absolute Gasteiger partial charge is 0.492 e. The minimum Gasteiger partial charge on any atom is -0.492 e. The smallest absolute Gasteiger partial charge is 0.335 e. The summed E-state index contributed by atoms with van der Waals surface area (Å²) in [5, 5.41) is 8.87. The Morgan fingerprint density at radius 1 is 1.00 bits per heavy atom. The van der Waals surface area contributed by atoms with E-state index in [2.05, 4.69) is 9.80 Å². The molecule has 1 N–H and O–H groups in total. The highest BCUT2D eigenvalue weighted by molar-refractivity contribution is 5.87. The van der Waals surface area contributed by atoms with E-state index in [0.29, 0.717) is 12.4 Å². The number of hydrogen-bond donors (Lipinski definition) is 1. The van der Waals surface area contributed by atoms with Gasteiger partial charge in [0.2, 0.25) is 0 Å². The first-order valence-corrected chi connectivity index (χ1v) is 8.31. The van der Waals surface area contributed by atoms with Crippen molar-refractivity contribution in [2.75, 3.05) is 44.2 Å². The zero-order chi connectivity index (χ0) is 17.6. The number of piperazine rings is 1. The van der Waals surface area contributed by atoms with Gasteiger partial charge in [-0.1, -0.05) is 0 Å². The van der Waals surface area contributed by atoms with Gasteiger partial charge in [-0.15, -0.1) is 0 Å². The minimum absolute atomic E-state index is 0.212. The minimum atomic E-state index is -0.939. The number of carboxylic acids is 1. The maximum Gasteiger partial charge on any atom is 0.335 e. The lowest BCUT2D eigenvalue weighted by molar-refractivity contribution is 0.0697. The molecule has 1 heterocycles. The van der Waals surface area contributed by atoms with Crippen LogP contribution in [-0.2, 0) is 0 Å².